The largest absolute Gasteiger partial charge is 0.418 e. The van der Waals surface area contributed by atoms with Crippen LogP contribution in [0.25, 0.3) is 0 Å². The first-order valence-electron chi connectivity index (χ1n) is 3.64. The van der Waals surface area contributed by atoms with Crippen molar-refractivity contribution < 1.29 is 17.6 Å². The number of alkyl halides is 3. The highest BCUT2D eigenvalue weighted by atomic mass is 35.5. The van der Waals surface area contributed by atoms with Crippen molar-refractivity contribution in [2.75, 3.05) is 5.32 Å². The summed E-state index contributed by atoms with van der Waals surface area (Å²) in [5, 5.41) is 2.06. The predicted octanol–water partition coefficient (Wildman–Crippen LogP) is 3.78. The molecule has 7 heteroatoms. The third kappa shape index (κ3) is 3.32. The zero-order chi connectivity index (χ0) is 11.6. The lowest BCUT2D eigenvalue weighted by Crippen LogP contribution is -2.12. The highest BCUT2D eigenvalue weighted by Crippen LogP contribution is 2.35. The highest BCUT2D eigenvalue weighted by Gasteiger charge is 2.33. The van der Waals surface area contributed by atoms with Gasteiger partial charge in [-0.1, -0.05) is 11.6 Å². The Morgan fingerprint density at radius 3 is 2.40 bits per heavy atom. The molecule has 0 radical (unpaired) electrons. The average molecular weight is 258 g/mol. The van der Waals surface area contributed by atoms with Gasteiger partial charge in [-0.3, -0.25) is 0 Å². The van der Waals surface area contributed by atoms with E-state index >= 15 is 0 Å². The van der Waals surface area contributed by atoms with E-state index in [1.54, 1.807) is 0 Å². The molecular formula is C8H4ClF4NS. The van der Waals surface area contributed by atoms with Gasteiger partial charge in [-0.2, -0.15) is 13.2 Å². The van der Waals surface area contributed by atoms with E-state index in [0.29, 0.717) is 18.2 Å². The van der Waals surface area contributed by atoms with Gasteiger partial charge >= 0.3 is 6.18 Å². The summed E-state index contributed by atoms with van der Waals surface area (Å²) in [6.07, 6.45) is -4.59. The van der Waals surface area contributed by atoms with Crippen molar-refractivity contribution in [2.45, 2.75) is 6.18 Å². The van der Waals surface area contributed by atoms with Gasteiger partial charge in [-0.25, -0.2) is 4.39 Å². The first-order chi connectivity index (χ1) is 6.80. The molecule has 0 aliphatic carbocycles. The van der Waals surface area contributed by atoms with Crippen LogP contribution in [0.15, 0.2) is 18.2 Å². The van der Waals surface area contributed by atoms with Gasteiger partial charge in [0.05, 0.1) is 11.3 Å². The number of benzene rings is 1. The molecule has 0 bridgehead atoms. The van der Waals surface area contributed by atoms with Gasteiger partial charge in [-0.05, 0) is 30.4 Å². The van der Waals surface area contributed by atoms with Gasteiger partial charge in [0.1, 0.15) is 5.82 Å². The monoisotopic (exact) mass is 257 g/mol. The molecule has 0 aliphatic rings. The van der Waals surface area contributed by atoms with Crippen LogP contribution in [0.3, 0.4) is 0 Å². The first-order valence-corrected chi connectivity index (χ1v) is 4.42. The maximum Gasteiger partial charge on any atom is 0.418 e. The van der Waals surface area contributed by atoms with E-state index in [2.05, 4.69) is 17.5 Å². The molecule has 0 fully saturated rings. The summed E-state index contributed by atoms with van der Waals surface area (Å²) in [5.74, 6) is -0.807. The molecule has 0 spiro atoms. The normalized spacial score (nSPS) is 11.3. The Bertz CT molecular complexity index is 391. The van der Waals surface area contributed by atoms with Crippen LogP contribution in [-0.2, 0) is 6.18 Å². The van der Waals surface area contributed by atoms with Crippen molar-refractivity contribution >= 4 is 34.0 Å². The van der Waals surface area contributed by atoms with Crippen LogP contribution in [-0.4, -0.2) is 4.45 Å². The zero-order valence-electron chi connectivity index (χ0n) is 7.03. The van der Waals surface area contributed by atoms with Gasteiger partial charge in [0.2, 0.25) is 0 Å². The van der Waals surface area contributed by atoms with E-state index in [9.17, 15) is 17.6 Å². The smallest absolute Gasteiger partial charge is 0.336 e. The standard InChI is InChI=1S/C8H4ClF4NS/c9-7(15)14-6-3-4(10)1-2-5(6)8(11,12)13/h1-3H,(H,14,15). The first kappa shape index (κ1) is 12.2. The number of hydrogen-bond donors (Lipinski definition) is 1. The van der Waals surface area contributed by atoms with Crippen molar-refractivity contribution in [3.8, 4) is 0 Å². The fraction of sp³-hybridized carbons (Fsp3) is 0.125. The Hall–Kier alpha value is -0.880. The van der Waals surface area contributed by atoms with Crippen LogP contribution in [0.2, 0.25) is 0 Å². The lowest BCUT2D eigenvalue weighted by Gasteiger charge is -2.12. The Labute approximate surface area is 93.0 Å². The molecule has 1 nitrogen and oxygen atoms in total. The molecule has 1 N–H and O–H groups in total. The summed E-state index contributed by atoms with van der Waals surface area (Å²) in [6, 6.07) is 2.01. The van der Waals surface area contributed by atoms with E-state index in [1.165, 1.54) is 0 Å². The molecule has 1 aromatic carbocycles. The summed E-state index contributed by atoms with van der Waals surface area (Å²) >= 11 is 9.59. The van der Waals surface area contributed by atoms with Crippen LogP contribution in [0.5, 0.6) is 0 Å². The summed E-state index contributed by atoms with van der Waals surface area (Å²) in [5.41, 5.74) is -1.52. The molecule has 0 aromatic heterocycles. The summed E-state index contributed by atoms with van der Waals surface area (Å²) in [6.45, 7) is 0. The van der Waals surface area contributed by atoms with Crippen LogP contribution < -0.4 is 5.32 Å². The van der Waals surface area contributed by atoms with Crippen molar-refractivity contribution in [3.05, 3.63) is 29.6 Å². The molecule has 1 rings (SSSR count). The predicted molar refractivity (Wildman–Crippen MR) is 53.5 cm³/mol. The molecule has 1 aromatic rings. The van der Waals surface area contributed by atoms with E-state index < -0.39 is 23.2 Å². The lowest BCUT2D eigenvalue weighted by molar-refractivity contribution is -0.136. The van der Waals surface area contributed by atoms with Crippen molar-refractivity contribution in [1.29, 1.82) is 0 Å². The molecule has 0 atom stereocenters. The molecule has 0 saturated heterocycles. The number of nitrogens with one attached hydrogen (secondary N) is 1. The maximum atomic E-state index is 12.7. The van der Waals surface area contributed by atoms with Crippen molar-refractivity contribution in [2.24, 2.45) is 0 Å². The molecule has 82 valence electrons. The Kier molecular flexibility index (Phi) is 3.51. The maximum absolute atomic E-state index is 12.7. The van der Waals surface area contributed by atoms with Crippen LogP contribution in [0, 0.1) is 5.82 Å². The topological polar surface area (TPSA) is 12.0 Å². The van der Waals surface area contributed by atoms with E-state index in [0.717, 1.165) is 0 Å². The number of thiocarbonyl (C=S) groups is 1. The van der Waals surface area contributed by atoms with Gasteiger partial charge in [0, 0.05) is 0 Å². The van der Waals surface area contributed by atoms with Crippen molar-refractivity contribution in [1.82, 2.24) is 0 Å². The summed E-state index contributed by atoms with van der Waals surface area (Å²) in [4.78, 5) is 0. The number of anilines is 1. The lowest BCUT2D eigenvalue weighted by atomic mass is 10.1. The number of hydrogen-bond acceptors (Lipinski definition) is 1. The SMILES string of the molecule is Fc1ccc(C(F)(F)F)c(NC(=S)Cl)c1. The molecule has 0 aliphatic heterocycles. The Balaban J connectivity index is 3.20. The quantitative estimate of drug-likeness (QED) is 0.356. The van der Waals surface area contributed by atoms with Gasteiger partial charge < -0.3 is 5.32 Å². The zero-order valence-corrected chi connectivity index (χ0v) is 8.60. The molecule has 0 amide bonds. The minimum absolute atomic E-state index is 0.383. The van der Waals surface area contributed by atoms with Gasteiger partial charge in [0.25, 0.3) is 0 Å². The fourth-order valence-corrected chi connectivity index (χ4v) is 1.18. The van der Waals surface area contributed by atoms with E-state index in [4.69, 9.17) is 11.6 Å². The van der Waals surface area contributed by atoms with E-state index in [-0.39, 0.29) is 4.45 Å². The summed E-state index contributed by atoms with van der Waals surface area (Å²) < 4.78 is 49.5. The van der Waals surface area contributed by atoms with Gasteiger partial charge in [-0.15, -0.1) is 0 Å². The second-order valence-electron chi connectivity index (χ2n) is 2.59. The Morgan fingerprint density at radius 2 is 1.93 bits per heavy atom. The highest BCUT2D eigenvalue weighted by molar-refractivity contribution is 7.83. The Morgan fingerprint density at radius 1 is 1.33 bits per heavy atom. The summed E-state index contributed by atoms with van der Waals surface area (Å²) in [7, 11) is 0. The second kappa shape index (κ2) is 4.32. The molecule has 0 unspecified atom stereocenters. The molecule has 0 heterocycles. The van der Waals surface area contributed by atoms with Crippen LogP contribution in [0.4, 0.5) is 23.2 Å². The number of halogens is 5. The average Bonchev–Trinajstić information content (AvgIpc) is 1.99. The molecule has 15 heavy (non-hydrogen) atoms. The van der Waals surface area contributed by atoms with E-state index in [1.807, 2.05) is 0 Å². The molecular weight excluding hydrogens is 254 g/mol. The number of rotatable bonds is 1. The fourth-order valence-electron chi connectivity index (χ4n) is 0.973. The van der Waals surface area contributed by atoms with Gasteiger partial charge in [0.15, 0.2) is 4.45 Å². The third-order valence-electron chi connectivity index (χ3n) is 1.52. The minimum atomic E-state index is -4.59. The minimum Gasteiger partial charge on any atom is -0.336 e. The second-order valence-corrected chi connectivity index (χ2v) is 3.60. The van der Waals surface area contributed by atoms with Crippen LogP contribution in [0.1, 0.15) is 5.56 Å². The van der Waals surface area contributed by atoms with Crippen molar-refractivity contribution in [3.63, 3.8) is 0 Å². The third-order valence-corrected chi connectivity index (χ3v) is 1.72. The molecule has 0 saturated carbocycles. The van der Waals surface area contributed by atoms with Crippen LogP contribution >= 0.6 is 23.8 Å².